The summed E-state index contributed by atoms with van der Waals surface area (Å²) in [5.41, 5.74) is -0.923. The van der Waals surface area contributed by atoms with E-state index in [4.69, 9.17) is 0 Å². The van der Waals surface area contributed by atoms with E-state index in [1.54, 1.807) is 0 Å². The Morgan fingerprint density at radius 1 is 1.08 bits per heavy atom. The van der Waals surface area contributed by atoms with Crippen molar-refractivity contribution in [2.75, 3.05) is 34.7 Å². The molecule has 198 valence electrons. The highest BCUT2D eigenvalue weighted by molar-refractivity contribution is 7.94. The fourth-order valence-corrected chi connectivity index (χ4v) is 4.97. The number of benzene rings is 2. The highest BCUT2D eigenvalue weighted by atomic mass is 32.2. The van der Waals surface area contributed by atoms with Gasteiger partial charge < -0.3 is 10.0 Å². The molecule has 1 heterocycles. The summed E-state index contributed by atoms with van der Waals surface area (Å²) in [7, 11) is 0.389. The van der Waals surface area contributed by atoms with Crippen molar-refractivity contribution in [1.82, 2.24) is 4.90 Å². The minimum Gasteiger partial charge on any atom is -0.477 e. The van der Waals surface area contributed by atoms with Crippen LogP contribution in [0.5, 0.6) is 0 Å². The zero-order valence-electron chi connectivity index (χ0n) is 20.1. The number of carboxylic acid groups (broad SMARTS) is 1. The van der Waals surface area contributed by atoms with Crippen molar-refractivity contribution in [1.29, 1.82) is 0 Å². The highest BCUT2D eigenvalue weighted by Gasteiger charge is 2.36. The number of aliphatic carboxylic acids is 1. The van der Waals surface area contributed by atoms with Crippen molar-refractivity contribution >= 4 is 45.6 Å². The van der Waals surface area contributed by atoms with Crippen molar-refractivity contribution in [2.24, 2.45) is 0 Å². The van der Waals surface area contributed by atoms with Crippen LogP contribution >= 0.6 is 0 Å². The molecule has 0 atom stereocenters. The first-order chi connectivity index (χ1) is 17.1. The molecule has 2 amide bonds. The zero-order valence-corrected chi connectivity index (χ0v) is 21.0. The topological polar surface area (TPSA) is 119 Å². The van der Waals surface area contributed by atoms with Gasteiger partial charge in [0.2, 0.25) is 6.41 Å². The van der Waals surface area contributed by atoms with E-state index >= 15 is 0 Å². The van der Waals surface area contributed by atoms with Gasteiger partial charge in [-0.05, 0) is 42.3 Å². The maximum Gasteiger partial charge on any atom is 0.416 e. The smallest absolute Gasteiger partial charge is 0.416 e. The van der Waals surface area contributed by atoms with Gasteiger partial charge in [-0.15, -0.1) is 0 Å². The molecule has 2 aromatic rings. The summed E-state index contributed by atoms with van der Waals surface area (Å²) in [6, 6.07) is 7.78. The SMILES string of the molecule is Cc1c(CN(C=O)C(=O)/C(=C\N(C)c2ccc3c(c2)N(C)S(=O)(=O)N3C)C(=O)O)cccc1C(F)(F)F. The summed E-state index contributed by atoms with van der Waals surface area (Å²) in [5, 5.41) is 9.65. The summed E-state index contributed by atoms with van der Waals surface area (Å²) in [6.07, 6.45) is -3.66. The molecule has 1 N–H and O–H groups in total. The quantitative estimate of drug-likeness (QED) is 0.248. The Kier molecular flexibility index (Phi) is 7.26. The molecule has 0 fully saturated rings. The fourth-order valence-electron chi connectivity index (χ4n) is 3.81. The number of carbonyl (C=O) groups is 3. The minimum atomic E-state index is -4.65. The van der Waals surface area contributed by atoms with Crippen LogP contribution in [0.2, 0.25) is 0 Å². The van der Waals surface area contributed by atoms with Gasteiger partial charge in [0.1, 0.15) is 5.57 Å². The van der Waals surface area contributed by atoms with Crippen LogP contribution in [0.1, 0.15) is 16.7 Å². The largest absolute Gasteiger partial charge is 0.477 e. The van der Waals surface area contributed by atoms with Gasteiger partial charge in [-0.25, -0.2) is 4.79 Å². The number of halogens is 3. The van der Waals surface area contributed by atoms with Crippen LogP contribution in [0.25, 0.3) is 0 Å². The summed E-state index contributed by atoms with van der Waals surface area (Å²) in [6.45, 7) is 0.607. The molecule has 0 saturated heterocycles. The number of hydrogen-bond acceptors (Lipinski definition) is 6. The summed E-state index contributed by atoms with van der Waals surface area (Å²) >= 11 is 0. The lowest BCUT2D eigenvalue weighted by molar-refractivity contribution is -0.140. The van der Waals surface area contributed by atoms with Crippen LogP contribution in [0.15, 0.2) is 48.2 Å². The maximum absolute atomic E-state index is 13.2. The lowest BCUT2D eigenvalue weighted by Gasteiger charge is -2.21. The van der Waals surface area contributed by atoms with Crippen molar-refractivity contribution < 1.29 is 41.1 Å². The standard InChI is InChI=1S/C23H23F3N4O6S/c1-14-15(6-5-7-18(14)23(24,25)26)11-30(13-31)21(32)17(22(33)34)12-27(2)16-8-9-19-20(10-16)29(4)37(35,36)28(19)3/h5-10,12-13H,11H2,1-4H3,(H,33,34)/b17-12+. The van der Waals surface area contributed by atoms with Gasteiger partial charge in [0.05, 0.1) is 23.5 Å². The number of amides is 2. The fraction of sp³-hybridized carbons (Fsp3) is 0.261. The summed E-state index contributed by atoms with van der Waals surface area (Å²) < 4.78 is 66.5. The Morgan fingerprint density at radius 3 is 2.27 bits per heavy atom. The number of carboxylic acids is 1. The number of alkyl halides is 3. The third kappa shape index (κ3) is 5.09. The molecule has 0 bridgehead atoms. The number of nitrogens with zero attached hydrogens (tertiary/aromatic N) is 4. The Morgan fingerprint density at radius 2 is 1.70 bits per heavy atom. The average molecular weight is 541 g/mol. The predicted octanol–water partition coefficient (Wildman–Crippen LogP) is 2.73. The van der Waals surface area contributed by atoms with Gasteiger partial charge in [0.15, 0.2) is 0 Å². The molecule has 0 aliphatic carbocycles. The van der Waals surface area contributed by atoms with E-state index in [1.165, 1.54) is 57.2 Å². The van der Waals surface area contributed by atoms with E-state index < -0.39 is 45.9 Å². The number of rotatable bonds is 7. The van der Waals surface area contributed by atoms with E-state index in [-0.39, 0.29) is 17.5 Å². The summed E-state index contributed by atoms with van der Waals surface area (Å²) in [4.78, 5) is 38.2. The normalized spacial score (nSPS) is 14.8. The van der Waals surface area contributed by atoms with Gasteiger partial charge in [-0.2, -0.15) is 21.6 Å². The van der Waals surface area contributed by atoms with Crippen LogP contribution < -0.4 is 13.5 Å². The highest BCUT2D eigenvalue weighted by Crippen LogP contribution is 2.41. The van der Waals surface area contributed by atoms with Gasteiger partial charge >= 0.3 is 22.4 Å². The average Bonchev–Trinajstić information content (AvgIpc) is 2.99. The predicted molar refractivity (Wildman–Crippen MR) is 129 cm³/mol. The second-order valence-corrected chi connectivity index (χ2v) is 10.2. The molecule has 10 nitrogen and oxygen atoms in total. The Balaban J connectivity index is 1.93. The third-order valence-corrected chi connectivity index (χ3v) is 7.78. The van der Waals surface area contributed by atoms with Gasteiger partial charge in [0.25, 0.3) is 5.91 Å². The maximum atomic E-state index is 13.2. The Bertz CT molecular complexity index is 1410. The number of fused-ring (bicyclic) bond motifs is 1. The molecular weight excluding hydrogens is 517 g/mol. The molecule has 1 aliphatic rings. The van der Waals surface area contributed by atoms with E-state index in [0.717, 1.165) is 26.9 Å². The van der Waals surface area contributed by atoms with Crippen molar-refractivity contribution in [2.45, 2.75) is 19.6 Å². The molecule has 0 spiro atoms. The first-order valence-electron chi connectivity index (χ1n) is 10.6. The van der Waals surface area contributed by atoms with Gasteiger partial charge in [0, 0.05) is 33.0 Å². The molecule has 0 aromatic heterocycles. The second-order valence-electron chi connectivity index (χ2n) is 8.20. The van der Waals surface area contributed by atoms with Crippen molar-refractivity contribution in [3.63, 3.8) is 0 Å². The number of anilines is 3. The van der Waals surface area contributed by atoms with Gasteiger partial charge in [-0.1, -0.05) is 12.1 Å². The van der Waals surface area contributed by atoms with E-state index in [1.807, 2.05) is 0 Å². The molecule has 1 aliphatic heterocycles. The van der Waals surface area contributed by atoms with Crippen LogP contribution in [0.4, 0.5) is 30.2 Å². The third-order valence-electron chi connectivity index (χ3n) is 6.00. The minimum absolute atomic E-state index is 0.0142. The second kappa shape index (κ2) is 9.76. The first kappa shape index (κ1) is 27.5. The van der Waals surface area contributed by atoms with E-state index in [2.05, 4.69) is 0 Å². The Labute approximate surface area is 211 Å². The summed E-state index contributed by atoms with van der Waals surface area (Å²) in [5.74, 6) is -2.92. The molecule has 37 heavy (non-hydrogen) atoms. The number of carbonyl (C=O) groups excluding carboxylic acids is 2. The molecular formula is C23H23F3N4O6S. The lowest BCUT2D eigenvalue weighted by atomic mass is 10.0. The molecule has 0 saturated carbocycles. The monoisotopic (exact) mass is 540 g/mol. The molecule has 0 unspecified atom stereocenters. The van der Waals surface area contributed by atoms with Crippen LogP contribution in [0, 0.1) is 6.92 Å². The molecule has 3 rings (SSSR count). The van der Waals surface area contributed by atoms with Crippen LogP contribution in [-0.2, 0) is 37.3 Å². The number of imide groups is 1. The lowest BCUT2D eigenvalue weighted by Crippen LogP contribution is -2.34. The zero-order chi connectivity index (χ0) is 27.9. The molecule has 14 heteroatoms. The van der Waals surface area contributed by atoms with Crippen molar-refractivity contribution in [3.05, 3.63) is 64.9 Å². The van der Waals surface area contributed by atoms with E-state index in [0.29, 0.717) is 22.0 Å². The Hall–Kier alpha value is -4.07. The molecule has 2 aromatic carbocycles. The van der Waals surface area contributed by atoms with Crippen LogP contribution in [-0.4, -0.2) is 57.9 Å². The van der Waals surface area contributed by atoms with Crippen LogP contribution in [0.3, 0.4) is 0 Å². The van der Waals surface area contributed by atoms with Gasteiger partial charge in [-0.3, -0.25) is 23.1 Å². The van der Waals surface area contributed by atoms with Crippen molar-refractivity contribution in [3.8, 4) is 0 Å². The number of hydrogen-bond donors (Lipinski definition) is 1. The molecule has 0 radical (unpaired) electrons. The van der Waals surface area contributed by atoms with E-state index in [9.17, 15) is 41.1 Å². The first-order valence-corrected chi connectivity index (χ1v) is 12.0.